The van der Waals surface area contributed by atoms with E-state index in [1.165, 1.54) is 35.9 Å². The van der Waals surface area contributed by atoms with Crippen molar-refractivity contribution in [2.75, 3.05) is 5.32 Å². The van der Waals surface area contributed by atoms with E-state index in [2.05, 4.69) is 10.5 Å². The highest BCUT2D eigenvalue weighted by atomic mass is 19.1. The van der Waals surface area contributed by atoms with Gasteiger partial charge < -0.3 is 9.84 Å². The number of amides is 1. The molecule has 0 aliphatic heterocycles. The largest absolute Gasteiger partial charge is 0.360 e. The Balaban J connectivity index is 2.07. The van der Waals surface area contributed by atoms with Gasteiger partial charge in [-0.15, -0.1) is 0 Å². The number of nitrogens with zero attached hydrogens (tertiary/aromatic N) is 2. The van der Waals surface area contributed by atoms with Crippen molar-refractivity contribution in [2.24, 2.45) is 0 Å². The van der Waals surface area contributed by atoms with E-state index in [4.69, 9.17) is 4.52 Å². The molecule has 0 aliphatic carbocycles. The lowest BCUT2D eigenvalue weighted by atomic mass is 10.1. The van der Waals surface area contributed by atoms with Gasteiger partial charge in [0.1, 0.15) is 11.6 Å². The molecule has 3 rings (SSSR count). The summed E-state index contributed by atoms with van der Waals surface area (Å²) in [6.07, 6.45) is 1.38. The minimum atomic E-state index is -0.496. The third kappa shape index (κ3) is 2.37. The summed E-state index contributed by atoms with van der Waals surface area (Å²) in [5, 5.41) is 6.57. The van der Waals surface area contributed by atoms with E-state index >= 15 is 0 Å². The summed E-state index contributed by atoms with van der Waals surface area (Å²) >= 11 is 0. The monoisotopic (exact) mass is 301 g/mol. The van der Waals surface area contributed by atoms with E-state index in [1.54, 1.807) is 13.0 Å². The first-order valence-corrected chi connectivity index (χ1v) is 6.52. The van der Waals surface area contributed by atoms with Crippen molar-refractivity contribution in [1.29, 1.82) is 0 Å². The van der Waals surface area contributed by atoms with Crippen LogP contribution in [0, 0.1) is 12.7 Å². The van der Waals surface area contributed by atoms with Gasteiger partial charge in [-0.05, 0) is 25.1 Å². The van der Waals surface area contributed by atoms with Gasteiger partial charge in [0, 0.05) is 24.6 Å². The zero-order valence-electron chi connectivity index (χ0n) is 11.9. The molecule has 0 saturated carbocycles. The van der Waals surface area contributed by atoms with Crippen molar-refractivity contribution in [1.82, 2.24) is 9.72 Å². The minimum absolute atomic E-state index is 0.186. The summed E-state index contributed by atoms with van der Waals surface area (Å²) in [5.41, 5.74) is 0.653. The summed E-state index contributed by atoms with van der Waals surface area (Å²) in [6, 6.07) is 5.48. The molecule has 0 atom stereocenters. The van der Waals surface area contributed by atoms with Gasteiger partial charge >= 0.3 is 0 Å². The maximum absolute atomic E-state index is 13.5. The van der Waals surface area contributed by atoms with Gasteiger partial charge in [0.05, 0.1) is 11.1 Å². The number of hydrogen-bond donors (Lipinski definition) is 1. The number of carbonyl (C=O) groups excluding carboxylic acids is 2. The molecule has 0 aliphatic rings. The Hall–Kier alpha value is -2.96. The third-order valence-electron chi connectivity index (χ3n) is 3.22. The molecule has 0 saturated heterocycles. The molecule has 1 aromatic carbocycles. The van der Waals surface area contributed by atoms with Crippen LogP contribution in [0.15, 0.2) is 35.0 Å². The van der Waals surface area contributed by atoms with Gasteiger partial charge in [0.2, 0.25) is 5.91 Å². The molecule has 0 bridgehead atoms. The molecular formula is C15H12FN3O3. The first-order valence-electron chi connectivity index (χ1n) is 6.52. The smallest absolute Gasteiger partial charge is 0.259 e. The summed E-state index contributed by atoms with van der Waals surface area (Å²) in [6.45, 7) is 3.06. The number of carbonyl (C=O) groups is 2. The Morgan fingerprint density at radius 3 is 2.73 bits per heavy atom. The van der Waals surface area contributed by atoms with Gasteiger partial charge in [-0.3, -0.25) is 14.2 Å². The van der Waals surface area contributed by atoms with Crippen LogP contribution in [0.5, 0.6) is 0 Å². The first kappa shape index (κ1) is 14.0. The number of aromatic nitrogens is 2. The number of nitrogens with one attached hydrogen (secondary N) is 1. The first-order chi connectivity index (χ1) is 10.5. The van der Waals surface area contributed by atoms with Crippen molar-refractivity contribution < 1.29 is 18.5 Å². The molecular weight excluding hydrogens is 289 g/mol. The number of hydrogen-bond acceptors (Lipinski definition) is 4. The third-order valence-corrected chi connectivity index (χ3v) is 3.22. The van der Waals surface area contributed by atoms with E-state index < -0.39 is 11.7 Å². The lowest BCUT2D eigenvalue weighted by Crippen LogP contribution is -2.12. The van der Waals surface area contributed by atoms with Gasteiger partial charge in [0.15, 0.2) is 5.82 Å². The Labute approximate surface area is 124 Å². The van der Waals surface area contributed by atoms with Crippen LogP contribution in [0.3, 0.4) is 0 Å². The van der Waals surface area contributed by atoms with Crippen molar-refractivity contribution in [2.45, 2.75) is 13.8 Å². The summed E-state index contributed by atoms with van der Waals surface area (Å²) in [5.74, 6) is -0.452. The van der Waals surface area contributed by atoms with E-state index in [0.29, 0.717) is 16.7 Å². The molecule has 2 heterocycles. The second-order valence-corrected chi connectivity index (χ2v) is 4.87. The topological polar surface area (TPSA) is 77.1 Å². The second-order valence-electron chi connectivity index (χ2n) is 4.87. The Morgan fingerprint density at radius 2 is 2.09 bits per heavy atom. The van der Waals surface area contributed by atoms with Crippen molar-refractivity contribution in [3.63, 3.8) is 0 Å². The van der Waals surface area contributed by atoms with E-state index in [-0.39, 0.29) is 17.3 Å². The summed E-state index contributed by atoms with van der Waals surface area (Å²) in [7, 11) is 0. The minimum Gasteiger partial charge on any atom is -0.360 e. The number of fused-ring (bicyclic) bond motifs is 1. The van der Waals surface area contributed by atoms with Crippen LogP contribution < -0.4 is 5.32 Å². The summed E-state index contributed by atoms with van der Waals surface area (Å²) < 4.78 is 19.6. The standard InChI is InChI=1S/C15H12FN3O3/c1-8-5-14(18-22-8)17-15(21)12-7-19(9(2)20)13-4-3-10(16)6-11(12)13/h3-7H,1-2H3,(H,17,18,21). The second kappa shape index (κ2) is 5.10. The van der Waals surface area contributed by atoms with Crippen LogP contribution in [0.2, 0.25) is 0 Å². The molecule has 3 aromatic rings. The van der Waals surface area contributed by atoms with Gasteiger partial charge in [0.25, 0.3) is 5.91 Å². The van der Waals surface area contributed by atoms with Crippen molar-refractivity contribution >= 4 is 28.5 Å². The maximum atomic E-state index is 13.5. The SMILES string of the molecule is CC(=O)n1cc(C(=O)Nc2cc(C)on2)c2cc(F)ccc21. The molecule has 112 valence electrons. The quantitative estimate of drug-likeness (QED) is 0.789. The molecule has 22 heavy (non-hydrogen) atoms. The van der Waals surface area contributed by atoms with Crippen LogP contribution in [0.25, 0.3) is 10.9 Å². The highest BCUT2D eigenvalue weighted by Gasteiger charge is 2.18. The molecule has 1 N–H and O–H groups in total. The van der Waals surface area contributed by atoms with Crippen LogP contribution in [-0.4, -0.2) is 21.5 Å². The van der Waals surface area contributed by atoms with Gasteiger partial charge in [-0.2, -0.15) is 0 Å². The predicted octanol–water partition coefficient (Wildman–Crippen LogP) is 2.99. The van der Waals surface area contributed by atoms with E-state index in [9.17, 15) is 14.0 Å². The van der Waals surface area contributed by atoms with Crippen LogP contribution in [0.1, 0.15) is 27.8 Å². The van der Waals surface area contributed by atoms with Crippen molar-refractivity contribution in [3.8, 4) is 0 Å². The lowest BCUT2D eigenvalue weighted by Gasteiger charge is -1.99. The zero-order valence-corrected chi connectivity index (χ0v) is 11.9. The lowest BCUT2D eigenvalue weighted by molar-refractivity contribution is 0.0941. The highest BCUT2D eigenvalue weighted by molar-refractivity contribution is 6.14. The number of anilines is 1. The molecule has 6 nitrogen and oxygen atoms in total. The molecule has 0 fully saturated rings. The maximum Gasteiger partial charge on any atom is 0.259 e. The van der Waals surface area contributed by atoms with E-state index in [1.807, 2.05) is 0 Å². The Bertz CT molecular complexity index is 895. The average Bonchev–Trinajstić information content (AvgIpc) is 3.02. The fourth-order valence-electron chi connectivity index (χ4n) is 2.25. The molecule has 0 spiro atoms. The van der Waals surface area contributed by atoms with Crippen LogP contribution in [0.4, 0.5) is 10.2 Å². The van der Waals surface area contributed by atoms with Crippen LogP contribution >= 0.6 is 0 Å². The zero-order chi connectivity index (χ0) is 15.9. The fraction of sp³-hybridized carbons (Fsp3) is 0.133. The molecule has 2 aromatic heterocycles. The number of rotatable bonds is 2. The van der Waals surface area contributed by atoms with E-state index in [0.717, 1.165) is 0 Å². The summed E-state index contributed by atoms with van der Waals surface area (Å²) in [4.78, 5) is 24.0. The predicted molar refractivity (Wildman–Crippen MR) is 77.4 cm³/mol. The Morgan fingerprint density at radius 1 is 1.32 bits per heavy atom. The molecule has 0 radical (unpaired) electrons. The number of benzene rings is 1. The molecule has 1 amide bonds. The molecule has 7 heteroatoms. The number of halogens is 1. The normalized spacial score (nSPS) is 10.9. The van der Waals surface area contributed by atoms with Crippen molar-refractivity contribution in [3.05, 3.63) is 47.6 Å². The highest BCUT2D eigenvalue weighted by Crippen LogP contribution is 2.23. The molecule has 0 unspecified atom stereocenters. The average molecular weight is 301 g/mol. The fourth-order valence-corrected chi connectivity index (χ4v) is 2.25. The number of aryl methyl sites for hydroxylation is 1. The van der Waals surface area contributed by atoms with Gasteiger partial charge in [-0.1, -0.05) is 5.16 Å². The van der Waals surface area contributed by atoms with Gasteiger partial charge in [-0.25, -0.2) is 4.39 Å². The Kier molecular flexibility index (Phi) is 3.25. The van der Waals surface area contributed by atoms with Crippen LogP contribution in [-0.2, 0) is 0 Å².